The lowest BCUT2D eigenvalue weighted by molar-refractivity contribution is -0.122. The van der Waals surface area contributed by atoms with Crippen LogP contribution in [0.3, 0.4) is 0 Å². The number of para-hydroxylation sites is 2. The molecule has 1 aromatic carbocycles. The van der Waals surface area contributed by atoms with E-state index in [0.717, 1.165) is 28.7 Å². The molecule has 2 aliphatic carbocycles. The summed E-state index contributed by atoms with van der Waals surface area (Å²) >= 11 is 0. The minimum atomic E-state index is 0.174. The molecule has 4 rings (SSSR count). The van der Waals surface area contributed by atoms with Crippen LogP contribution in [0.15, 0.2) is 24.3 Å². The molecule has 2 fully saturated rings. The maximum absolute atomic E-state index is 12.1. The lowest BCUT2D eigenvalue weighted by Crippen LogP contribution is -2.27. The number of fused-ring (bicyclic) bond motifs is 3. The number of imidazole rings is 1. The first-order chi connectivity index (χ1) is 10.3. The highest BCUT2D eigenvalue weighted by atomic mass is 16.1. The average molecular weight is 283 g/mol. The van der Waals surface area contributed by atoms with Crippen molar-refractivity contribution in [2.24, 2.45) is 17.8 Å². The highest BCUT2D eigenvalue weighted by Crippen LogP contribution is 2.49. The van der Waals surface area contributed by atoms with E-state index in [-0.39, 0.29) is 5.91 Å². The Labute approximate surface area is 124 Å². The zero-order valence-electron chi connectivity index (χ0n) is 12.1. The molecule has 2 N–H and O–H groups in total. The van der Waals surface area contributed by atoms with E-state index >= 15 is 0 Å². The molecule has 0 spiro atoms. The largest absolute Gasteiger partial charge is 0.349 e. The third-order valence-electron chi connectivity index (χ3n) is 5.22. The maximum atomic E-state index is 12.1. The first kappa shape index (κ1) is 12.9. The summed E-state index contributed by atoms with van der Waals surface area (Å²) in [7, 11) is 0. The van der Waals surface area contributed by atoms with E-state index in [4.69, 9.17) is 0 Å². The molecule has 21 heavy (non-hydrogen) atoms. The zero-order valence-corrected chi connectivity index (χ0v) is 12.1. The number of hydrogen-bond acceptors (Lipinski definition) is 2. The molecule has 3 unspecified atom stereocenters. The highest BCUT2D eigenvalue weighted by Gasteiger charge is 2.39. The lowest BCUT2D eigenvalue weighted by atomic mass is 9.86. The number of aromatic amines is 1. The predicted octanol–water partition coefficient (Wildman–Crippen LogP) is 3.01. The Bertz CT molecular complexity index is 630. The van der Waals surface area contributed by atoms with E-state index in [1.165, 1.54) is 25.7 Å². The summed E-state index contributed by atoms with van der Waals surface area (Å²) in [6.45, 7) is 0.494. The smallest absolute Gasteiger partial charge is 0.220 e. The van der Waals surface area contributed by atoms with Gasteiger partial charge in [-0.2, -0.15) is 0 Å². The summed E-state index contributed by atoms with van der Waals surface area (Å²) in [6, 6.07) is 7.94. The monoisotopic (exact) mass is 283 g/mol. The van der Waals surface area contributed by atoms with Gasteiger partial charge in [0.25, 0.3) is 0 Å². The van der Waals surface area contributed by atoms with Gasteiger partial charge in [0, 0.05) is 6.42 Å². The molecule has 0 radical (unpaired) electrons. The molecule has 4 nitrogen and oxygen atoms in total. The first-order valence-electron chi connectivity index (χ1n) is 7.98. The van der Waals surface area contributed by atoms with Crippen LogP contribution >= 0.6 is 0 Å². The number of H-pyrrole nitrogens is 1. The Morgan fingerprint density at radius 3 is 2.95 bits per heavy atom. The quantitative estimate of drug-likeness (QED) is 0.906. The van der Waals surface area contributed by atoms with E-state index in [1.54, 1.807) is 0 Å². The molecule has 110 valence electrons. The van der Waals surface area contributed by atoms with Gasteiger partial charge in [-0.25, -0.2) is 4.98 Å². The first-order valence-corrected chi connectivity index (χ1v) is 7.98. The van der Waals surface area contributed by atoms with E-state index in [0.29, 0.717) is 18.9 Å². The summed E-state index contributed by atoms with van der Waals surface area (Å²) in [5.74, 6) is 3.35. The van der Waals surface area contributed by atoms with Crippen LogP contribution in [0.5, 0.6) is 0 Å². The zero-order chi connectivity index (χ0) is 14.2. The van der Waals surface area contributed by atoms with Crippen LogP contribution in [0.1, 0.15) is 37.9 Å². The molecule has 2 bridgehead atoms. The second-order valence-electron chi connectivity index (χ2n) is 6.62. The summed E-state index contributed by atoms with van der Waals surface area (Å²) in [4.78, 5) is 19.8. The number of aromatic nitrogens is 2. The van der Waals surface area contributed by atoms with Gasteiger partial charge in [0.15, 0.2) is 0 Å². The summed E-state index contributed by atoms with van der Waals surface area (Å²) in [5.41, 5.74) is 1.98. The van der Waals surface area contributed by atoms with Crippen LogP contribution in [0.25, 0.3) is 11.0 Å². The molecular weight excluding hydrogens is 262 g/mol. The fourth-order valence-electron chi connectivity index (χ4n) is 4.21. The van der Waals surface area contributed by atoms with Gasteiger partial charge in [-0.1, -0.05) is 18.6 Å². The Balaban J connectivity index is 1.32. The van der Waals surface area contributed by atoms with Gasteiger partial charge in [0.05, 0.1) is 17.6 Å². The number of carbonyl (C=O) groups excluding carboxylic acids is 1. The van der Waals surface area contributed by atoms with Crippen molar-refractivity contribution in [1.82, 2.24) is 15.3 Å². The third-order valence-corrected chi connectivity index (χ3v) is 5.22. The molecule has 1 heterocycles. The van der Waals surface area contributed by atoms with Crippen LogP contribution < -0.4 is 5.32 Å². The number of nitrogens with zero attached hydrogens (tertiary/aromatic N) is 1. The summed E-state index contributed by atoms with van der Waals surface area (Å²) in [6.07, 6.45) is 6.06. The van der Waals surface area contributed by atoms with Gasteiger partial charge in [-0.05, 0) is 49.1 Å². The molecule has 4 heteroatoms. The molecule has 2 aromatic rings. The molecule has 1 amide bonds. The van der Waals surface area contributed by atoms with Crippen molar-refractivity contribution in [3.63, 3.8) is 0 Å². The fourth-order valence-corrected chi connectivity index (χ4v) is 4.21. The molecule has 0 aliphatic heterocycles. The molecule has 0 saturated heterocycles. The number of rotatable bonds is 4. The second-order valence-corrected chi connectivity index (χ2v) is 6.62. The number of carbonyl (C=O) groups is 1. The minimum Gasteiger partial charge on any atom is -0.349 e. The molecule has 1 aromatic heterocycles. The van der Waals surface area contributed by atoms with E-state index in [2.05, 4.69) is 15.3 Å². The molecule has 3 atom stereocenters. The van der Waals surface area contributed by atoms with Crippen molar-refractivity contribution in [1.29, 1.82) is 0 Å². The van der Waals surface area contributed by atoms with Crippen molar-refractivity contribution in [3.8, 4) is 0 Å². The van der Waals surface area contributed by atoms with Crippen molar-refractivity contribution >= 4 is 16.9 Å². The lowest BCUT2D eigenvalue weighted by Gasteiger charge is -2.20. The van der Waals surface area contributed by atoms with Gasteiger partial charge in [-0.15, -0.1) is 0 Å². The predicted molar refractivity (Wildman–Crippen MR) is 81.5 cm³/mol. The molecule has 2 saturated carbocycles. The fraction of sp³-hybridized carbons (Fsp3) is 0.529. The topological polar surface area (TPSA) is 57.8 Å². The molecule has 2 aliphatic rings. The van der Waals surface area contributed by atoms with Crippen LogP contribution in [-0.2, 0) is 11.3 Å². The number of benzene rings is 1. The second kappa shape index (κ2) is 5.17. The third kappa shape index (κ3) is 2.55. The van der Waals surface area contributed by atoms with Crippen molar-refractivity contribution in [3.05, 3.63) is 30.1 Å². The van der Waals surface area contributed by atoms with Gasteiger partial charge >= 0.3 is 0 Å². The van der Waals surface area contributed by atoms with Crippen LogP contribution in [-0.4, -0.2) is 15.9 Å². The number of amides is 1. The summed E-state index contributed by atoms with van der Waals surface area (Å²) < 4.78 is 0. The average Bonchev–Trinajstić information content (AvgIpc) is 3.19. The highest BCUT2D eigenvalue weighted by molar-refractivity contribution is 5.77. The Kier molecular flexibility index (Phi) is 3.17. The number of nitrogens with one attached hydrogen (secondary N) is 2. The van der Waals surface area contributed by atoms with Crippen molar-refractivity contribution < 1.29 is 4.79 Å². The minimum absolute atomic E-state index is 0.174. The van der Waals surface area contributed by atoms with Crippen molar-refractivity contribution in [2.45, 2.75) is 38.6 Å². The van der Waals surface area contributed by atoms with Gasteiger partial charge < -0.3 is 10.3 Å². The maximum Gasteiger partial charge on any atom is 0.220 e. The van der Waals surface area contributed by atoms with Gasteiger partial charge in [-0.3, -0.25) is 4.79 Å². The standard InChI is InChI=1S/C17H21N3O/c21-17(9-13-8-11-5-6-12(13)7-11)18-10-16-19-14-3-1-2-4-15(14)20-16/h1-4,11-13H,5-10H2,(H,18,21)(H,19,20). The van der Waals surface area contributed by atoms with E-state index in [1.807, 2.05) is 24.3 Å². The van der Waals surface area contributed by atoms with Crippen LogP contribution in [0.2, 0.25) is 0 Å². The Morgan fingerprint density at radius 2 is 2.19 bits per heavy atom. The van der Waals surface area contributed by atoms with E-state index < -0.39 is 0 Å². The Morgan fingerprint density at radius 1 is 1.29 bits per heavy atom. The van der Waals surface area contributed by atoms with E-state index in [9.17, 15) is 4.79 Å². The number of hydrogen-bond donors (Lipinski definition) is 2. The normalized spacial score (nSPS) is 27.3. The van der Waals surface area contributed by atoms with Crippen molar-refractivity contribution in [2.75, 3.05) is 0 Å². The summed E-state index contributed by atoms with van der Waals surface area (Å²) in [5, 5.41) is 3.01. The van der Waals surface area contributed by atoms with Crippen LogP contribution in [0, 0.1) is 17.8 Å². The van der Waals surface area contributed by atoms with Crippen LogP contribution in [0.4, 0.5) is 0 Å². The van der Waals surface area contributed by atoms with Gasteiger partial charge in [0.1, 0.15) is 5.82 Å². The SMILES string of the molecule is O=C(CC1CC2CCC1C2)NCc1nc2ccccc2[nH]1. The molecular formula is C17H21N3O. The Hall–Kier alpha value is -1.84. The van der Waals surface area contributed by atoms with Gasteiger partial charge in [0.2, 0.25) is 5.91 Å².